The average molecular weight is 667 g/mol. The fraction of sp³-hybridized carbons (Fsp3) is 0.462. The molecular formula is C39H46N4O6. The number of fused-ring (bicyclic) bond motifs is 1. The molecule has 0 saturated carbocycles. The number of pyridine rings is 1. The van der Waals surface area contributed by atoms with Crippen molar-refractivity contribution < 1.29 is 23.9 Å². The number of hydrogen-bond donors (Lipinski definition) is 1. The first-order chi connectivity index (χ1) is 23.4. The maximum Gasteiger partial charge on any atom is 0.329 e. The smallest absolute Gasteiger partial charge is 0.329 e. The van der Waals surface area contributed by atoms with Crippen LogP contribution in [0.5, 0.6) is 0 Å². The highest BCUT2D eigenvalue weighted by atomic mass is 16.6. The number of nitrogens with one attached hydrogen (secondary N) is 1. The molecule has 2 saturated heterocycles. The van der Waals surface area contributed by atoms with Gasteiger partial charge in [-0.1, -0.05) is 54.6 Å². The van der Waals surface area contributed by atoms with Crippen molar-refractivity contribution in [3.05, 3.63) is 106 Å². The van der Waals surface area contributed by atoms with Crippen LogP contribution in [0.3, 0.4) is 0 Å². The molecule has 3 heterocycles. The number of amides is 3. The summed E-state index contributed by atoms with van der Waals surface area (Å²) in [6.45, 7) is 6.91. The number of piperidine rings is 1. The van der Waals surface area contributed by atoms with E-state index in [0.717, 1.165) is 16.7 Å². The molecule has 3 aliphatic rings. The van der Waals surface area contributed by atoms with Crippen molar-refractivity contribution in [1.29, 1.82) is 0 Å². The molecule has 258 valence electrons. The molecule has 0 spiro atoms. The maximum absolute atomic E-state index is 15.0. The minimum Gasteiger partial charge on any atom is -0.458 e. The molecule has 10 heteroatoms. The van der Waals surface area contributed by atoms with Gasteiger partial charge in [-0.15, -0.1) is 0 Å². The number of ether oxygens (including phenoxy) is 1. The van der Waals surface area contributed by atoms with Gasteiger partial charge in [0.25, 0.3) is 11.5 Å². The van der Waals surface area contributed by atoms with Crippen molar-refractivity contribution >= 4 is 23.7 Å². The summed E-state index contributed by atoms with van der Waals surface area (Å²) in [4.78, 5) is 71.4. The Hall–Kier alpha value is -4.73. The summed E-state index contributed by atoms with van der Waals surface area (Å²) in [5.41, 5.74) is 0.501. The number of esters is 1. The summed E-state index contributed by atoms with van der Waals surface area (Å²) < 4.78 is 7.13. The predicted molar refractivity (Wildman–Crippen MR) is 185 cm³/mol. The minimum atomic E-state index is -1.06. The molecular weight excluding hydrogens is 620 g/mol. The molecule has 2 fully saturated rings. The summed E-state index contributed by atoms with van der Waals surface area (Å²) in [6.07, 6.45) is 4.90. The van der Waals surface area contributed by atoms with Crippen LogP contribution in [0.2, 0.25) is 0 Å². The molecule has 10 nitrogen and oxygen atoms in total. The normalized spacial score (nSPS) is 22.7. The number of carbonyl (C=O) groups excluding carboxylic acids is 4. The predicted octanol–water partition coefficient (Wildman–Crippen LogP) is 4.30. The van der Waals surface area contributed by atoms with Crippen LogP contribution in [0, 0.1) is 0 Å². The van der Waals surface area contributed by atoms with Crippen molar-refractivity contribution in [1.82, 2.24) is 19.7 Å². The highest BCUT2D eigenvalue weighted by Gasteiger charge is 2.53. The summed E-state index contributed by atoms with van der Waals surface area (Å²) >= 11 is 0. The highest BCUT2D eigenvalue weighted by molar-refractivity contribution is 5.97. The van der Waals surface area contributed by atoms with E-state index in [2.05, 4.69) is 5.32 Å². The van der Waals surface area contributed by atoms with E-state index in [9.17, 15) is 24.0 Å². The number of benzene rings is 2. The molecule has 0 radical (unpaired) electrons. The van der Waals surface area contributed by atoms with Gasteiger partial charge in [-0.05, 0) is 88.1 Å². The molecule has 2 aliphatic heterocycles. The summed E-state index contributed by atoms with van der Waals surface area (Å²) in [7, 11) is 1.61. The van der Waals surface area contributed by atoms with Crippen molar-refractivity contribution in [3.63, 3.8) is 0 Å². The number of likely N-dealkylation sites (tertiary alicyclic amines) is 2. The van der Waals surface area contributed by atoms with Crippen LogP contribution >= 0.6 is 0 Å². The van der Waals surface area contributed by atoms with E-state index in [0.29, 0.717) is 58.2 Å². The Morgan fingerprint density at radius 2 is 1.55 bits per heavy atom. The van der Waals surface area contributed by atoms with Gasteiger partial charge in [0.2, 0.25) is 11.8 Å². The lowest BCUT2D eigenvalue weighted by Gasteiger charge is -2.45. The fourth-order valence-electron chi connectivity index (χ4n) is 7.83. The van der Waals surface area contributed by atoms with Crippen LogP contribution in [-0.4, -0.2) is 75.4 Å². The second-order valence-electron chi connectivity index (χ2n) is 14.6. The first kappa shape index (κ1) is 34.1. The molecule has 1 aliphatic carbocycles. The van der Waals surface area contributed by atoms with Crippen molar-refractivity contribution in [2.75, 3.05) is 19.6 Å². The summed E-state index contributed by atoms with van der Waals surface area (Å²) in [5, 5.41) is 2.98. The van der Waals surface area contributed by atoms with E-state index < -0.39 is 28.9 Å². The zero-order chi connectivity index (χ0) is 34.9. The molecule has 0 unspecified atom stereocenters. The standard InChI is InChI=1S/C39H46N4O6/c1-38(2,3)49-36(47)32-17-11-23-43(32)37(48)39(26-12-6-5-7-13-26)21-18-29(28-14-8-9-16-31(28)39)35(46)42-24-19-27(20-25-42)40-33(44)30-15-10-22-41(4)34(30)45/h5-10,12-16,22,27,29,32H,11,17-21,23-25H2,1-4H3,(H,40,44)/t29-,32-,39+/m0/s1. The van der Waals surface area contributed by atoms with Gasteiger partial charge in [-0.3, -0.25) is 19.2 Å². The molecule has 3 atom stereocenters. The molecule has 1 N–H and O–H groups in total. The highest BCUT2D eigenvalue weighted by Crippen LogP contribution is 2.49. The average Bonchev–Trinajstić information content (AvgIpc) is 3.59. The molecule has 3 amide bonds. The molecule has 49 heavy (non-hydrogen) atoms. The lowest BCUT2D eigenvalue weighted by Crippen LogP contribution is -2.54. The van der Waals surface area contributed by atoms with Crippen LogP contribution in [-0.2, 0) is 31.6 Å². The first-order valence-electron chi connectivity index (χ1n) is 17.3. The second kappa shape index (κ2) is 13.6. The minimum absolute atomic E-state index is 0.0102. The Morgan fingerprint density at radius 1 is 0.857 bits per heavy atom. The Balaban J connectivity index is 1.24. The zero-order valence-electron chi connectivity index (χ0n) is 28.8. The topological polar surface area (TPSA) is 118 Å². The first-order valence-corrected chi connectivity index (χ1v) is 17.3. The second-order valence-corrected chi connectivity index (χ2v) is 14.6. The molecule has 3 aromatic rings. The van der Waals surface area contributed by atoms with E-state index >= 15 is 0 Å². The van der Waals surface area contributed by atoms with Crippen LogP contribution in [0.1, 0.15) is 92.3 Å². The van der Waals surface area contributed by atoms with Crippen LogP contribution in [0.25, 0.3) is 0 Å². The number of nitrogens with zero attached hydrogens (tertiary/aromatic N) is 3. The molecule has 1 aromatic heterocycles. The van der Waals surface area contributed by atoms with Crippen LogP contribution in [0.15, 0.2) is 77.7 Å². The van der Waals surface area contributed by atoms with E-state index in [1.165, 1.54) is 10.6 Å². The number of carbonyl (C=O) groups is 4. The van der Waals surface area contributed by atoms with Gasteiger partial charge in [0.05, 0.1) is 11.3 Å². The lowest BCUT2D eigenvalue weighted by atomic mass is 9.62. The van der Waals surface area contributed by atoms with Gasteiger partial charge < -0.3 is 24.4 Å². The van der Waals surface area contributed by atoms with Crippen molar-refractivity contribution in [2.24, 2.45) is 7.05 Å². The van der Waals surface area contributed by atoms with Crippen molar-refractivity contribution in [3.8, 4) is 0 Å². The number of hydrogen-bond acceptors (Lipinski definition) is 6. The van der Waals surface area contributed by atoms with E-state index in [-0.39, 0.29) is 34.9 Å². The van der Waals surface area contributed by atoms with Crippen molar-refractivity contribution in [2.45, 2.75) is 88.3 Å². The Kier molecular flexibility index (Phi) is 9.51. The third kappa shape index (κ3) is 6.65. The number of aryl methyl sites for hydroxylation is 1. The number of rotatable bonds is 6. The van der Waals surface area contributed by atoms with E-state index in [4.69, 9.17) is 4.74 Å². The van der Waals surface area contributed by atoms with Gasteiger partial charge in [0, 0.05) is 38.9 Å². The zero-order valence-corrected chi connectivity index (χ0v) is 28.8. The molecule has 6 rings (SSSR count). The third-order valence-electron chi connectivity index (χ3n) is 10.2. The van der Waals surface area contributed by atoms with Crippen LogP contribution in [0.4, 0.5) is 0 Å². The SMILES string of the molecule is Cn1cccc(C(=O)NC2CCN(C(=O)[C@H]3CC[C@@](C(=O)N4CCC[C@H]4C(=O)OC(C)(C)C)(c4ccccc4)c4ccccc43)CC2)c1=O. The van der Waals surface area contributed by atoms with Gasteiger partial charge in [-0.2, -0.15) is 0 Å². The Labute approximate surface area is 287 Å². The molecule has 2 aromatic carbocycles. The van der Waals surface area contributed by atoms with Gasteiger partial charge in [0.1, 0.15) is 17.2 Å². The maximum atomic E-state index is 15.0. The summed E-state index contributed by atoms with van der Waals surface area (Å²) in [5.74, 6) is -1.34. The van der Waals surface area contributed by atoms with Gasteiger partial charge in [0.15, 0.2) is 0 Å². The molecule has 0 bridgehead atoms. The number of aromatic nitrogens is 1. The van der Waals surface area contributed by atoms with Gasteiger partial charge in [-0.25, -0.2) is 4.79 Å². The largest absolute Gasteiger partial charge is 0.458 e. The monoisotopic (exact) mass is 666 g/mol. The van der Waals surface area contributed by atoms with E-state index in [1.54, 1.807) is 24.2 Å². The quantitative estimate of drug-likeness (QED) is 0.392. The van der Waals surface area contributed by atoms with Gasteiger partial charge >= 0.3 is 5.97 Å². The van der Waals surface area contributed by atoms with E-state index in [1.807, 2.05) is 80.3 Å². The van der Waals surface area contributed by atoms with Crippen LogP contribution < -0.4 is 10.9 Å². The third-order valence-corrected chi connectivity index (χ3v) is 10.2. The summed E-state index contributed by atoms with van der Waals surface area (Å²) in [6, 6.07) is 19.9. The fourth-order valence-corrected chi connectivity index (χ4v) is 7.83. The Bertz CT molecular complexity index is 1790. The lowest BCUT2D eigenvalue weighted by molar-refractivity contribution is -0.164. The Morgan fingerprint density at radius 3 is 2.27 bits per heavy atom.